The minimum atomic E-state index is -0.691. The molecule has 0 aliphatic carbocycles. The second kappa shape index (κ2) is 4.72. The molecule has 4 heteroatoms. The van der Waals surface area contributed by atoms with Gasteiger partial charge in [0.1, 0.15) is 5.38 Å². The van der Waals surface area contributed by atoms with E-state index >= 15 is 0 Å². The van der Waals surface area contributed by atoms with Crippen molar-refractivity contribution in [1.82, 2.24) is 9.88 Å². The molecule has 1 atom stereocenters. The summed E-state index contributed by atoms with van der Waals surface area (Å²) in [5.41, 5.74) is 1.54. The molecule has 0 bridgehead atoms. The third-order valence-electron chi connectivity index (χ3n) is 2.59. The van der Waals surface area contributed by atoms with E-state index in [0.29, 0.717) is 0 Å². The number of benzene rings is 1. The van der Waals surface area contributed by atoms with Crippen LogP contribution >= 0.6 is 11.6 Å². The van der Waals surface area contributed by atoms with Gasteiger partial charge in [-0.15, -0.1) is 11.6 Å². The summed E-state index contributed by atoms with van der Waals surface area (Å²) in [5, 5.41) is 0.297. The predicted molar refractivity (Wildman–Crippen MR) is 69.0 cm³/mol. The van der Waals surface area contributed by atoms with Crippen molar-refractivity contribution in [2.24, 2.45) is 0 Å². The molecular weight excluding hydrogens is 236 g/mol. The molecular formula is C13H13ClN2O. The van der Waals surface area contributed by atoms with Crippen LogP contribution in [0.5, 0.6) is 0 Å². The summed E-state index contributed by atoms with van der Waals surface area (Å²) in [5.74, 6) is -0.134. The molecule has 0 saturated carbocycles. The number of fused-ring (bicyclic) bond motifs is 1. The van der Waals surface area contributed by atoms with Crippen LogP contribution in [0.25, 0.3) is 10.9 Å². The number of likely N-dealkylation sites (N-methyl/N-ethyl adjacent to an activating group) is 1. The number of hydrogen-bond acceptors (Lipinski definition) is 2. The highest BCUT2D eigenvalue weighted by Gasteiger charge is 2.21. The fraction of sp³-hybridized carbons (Fsp3) is 0.231. The van der Waals surface area contributed by atoms with E-state index in [4.69, 9.17) is 11.6 Å². The van der Waals surface area contributed by atoms with Gasteiger partial charge in [0.05, 0.1) is 5.52 Å². The van der Waals surface area contributed by atoms with Gasteiger partial charge in [-0.25, -0.2) is 0 Å². The van der Waals surface area contributed by atoms with Gasteiger partial charge in [-0.2, -0.15) is 0 Å². The highest BCUT2D eigenvalue weighted by Crippen LogP contribution is 2.28. The summed E-state index contributed by atoms with van der Waals surface area (Å²) in [7, 11) is 3.38. The zero-order chi connectivity index (χ0) is 12.4. The number of alkyl halides is 1. The Kier molecular flexibility index (Phi) is 3.29. The van der Waals surface area contributed by atoms with Crippen LogP contribution in [0, 0.1) is 0 Å². The average Bonchev–Trinajstić information content (AvgIpc) is 2.36. The van der Waals surface area contributed by atoms with Gasteiger partial charge in [-0.05, 0) is 6.07 Å². The summed E-state index contributed by atoms with van der Waals surface area (Å²) in [6.45, 7) is 0. The van der Waals surface area contributed by atoms with Crippen molar-refractivity contribution in [3.05, 3.63) is 42.1 Å². The molecule has 1 aromatic carbocycles. The van der Waals surface area contributed by atoms with E-state index in [1.807, 2.05) is 30.3 Å². The Hall–Kier alpha value is -1.61. The van der Waals surface area contributed by atoms with Crippen LogP contribution in [0.3, 0.4) is 0 Å². The molecule has 0 N–H and O–H groups in total. The quantitative estimate of drug-likeness (QED) is 0.766. The van der Waals surface area contributed by atoms with Gasteiger partial charge >= 0.3 is 0 Å². The van der Waals surface area contributed by atoms with Crippen molar-refractivity contribution in [3.63, 3.8) is 0 Å². The van der Waals surface area contributed by atoms with Gasteiger partial charge in [-0.1, -0.05) is 24.3 Å². The standard InChI is InChI=1S/C13H13ClN2O/c1-16(2)13(17)11(14)10-7-3-5-9-6-4-8-15-12(9)10/h3-8,11H,1-2H3. The maximum absolute atomic E-state index is 11.9. The molecule has 88 valence electrons. The van der Waals surface area contributed by atoms with Crippen molar-refractivity contribution in [3.8, 4) is 0 Å². The number of pyridine rings is 1. The van der Waals surface area contributed by atoms with E-state index in [2.05, 4.69) is 4.98 Å². The highest BCUT2D eigenvalue weighted by molar-refractivity contribution is 6.31. The second-order valence-corrected chi connectivity index (χ2v) is 4.45. The molecule has 1 amide bonds. The molecule has 0 aliphatic rings. The smallest absolute Gasteiger partial charge is 0.244 e. The number of nitrogens with zero attached hydrogens (tertiary/aromatic N) is 2. The Labute approximate surface area is 105 Å². The van der Waals surface area contributed by atoms with Gasteiger partial charge < -0.3 is 4.90 Å². The van der Waals surface area contributed by atoms with E-state index < -0.39 is 5.38 Å². The van der Waals surface area contributed by atoms with Crippen molar-refractivity contribution >= 4 is 28.4 Å². The largest absolute Gasteiger partial charge is 0.347 e. The van der Waals surface area contributed by atoms with Crippen molar-refractivity contribution in [2.75, 3.05) is 14.1 Å². The lowest BCUT2D eigenvalue weighted by Crippen LogP contribution is -2.25. The van der Waals surface area contributed by atoms with E-state index in [1.165, 1.54) is 4.90 Å². The lowest BCUT2D eigenvalue weighted by atomic mass is 10.1. The number of carbonyl (C=O) groups is 1. The number of hydrogen-bond donors (Lipinski definition) is 0. The van der Waals surface area contributed by atoms with E-state index in [0.717, 1.165) is 16.5 Å². The normalized spacial score (nSPS) is 12.4. The monoisotopic (exact) mass is 248 g/mol. The highest BCUT2D eigenvalue weighted by atomic mass is 35.5. The van der Waals surface area contributed by atoms with E-state index in [-0.39, 0.29) is 5.91 Å². The fourth-order valence-electron chi connectivity index (χ4n) is 1.69. The Morgan fingerprint density at radius 3 is 2.71 bits per heavy atom. The van der Waals surface area contributed by atoms with E-state index in [1.54, 1.807) is 20.3 Å². The average molecular weight is 249 g/mol. The number of carbonyl (C=O) groups excluding carboxylic acids is 1. The lowest BCUT2D eigenvalue weighted by molar-refractivity contribution is -0.128. The van der Waals surface area contributed by atoms with Crippen molar-refractivity contribution in [1.29, 1.82) is 0 Å². The predicted octanol–water partition coefficient (Wildman–Crippen LogP) is 2.60. The Morgan fingerprint density at radius 2 is 2.00 bits per heavy atom. The van der Waals surface area contributed by atoms with Crippen LogP contribution in [0.2, 0.25) is 0 Å². The van der Waals surface area contributed by atoms with Crippen LogP contribution < -0.4 is 0 Å². The van der Waals surface area contributed by atoms with Gasteiger partial charge in [0.2, 0.25) is 5.91 Å². The zero-order valence-corrected chi connectivity index (χ0v) is 10.5. The second-order valence-electron chi connectivity index (χ2n) is 4.02. The van der Waals surface area contributed by atoms with Gasteiger partial charge in [0.15, 0.2) is 0 Å². The molecule has 0 spiro atoms. The molecule has 2 aromatic rings. The molecule has 17 heavy (non-hydrogen) atoms. The van der Waals surface area contributed by atoms with Gasteiger partial charge in [0, 0.05) is 31.2 Å². The van der Waals surface area contributed by atoms with Crippen LogP contribution in [0.15, 0.2) is 36.5 Å². The number of para-hydroxylation sites is 1. The zero-order valence-electron chi connectivity index (χ0n) is 9.72. The minimum absolute atomic E-state index is 0.134. The first kappa shape index (κ1) is 11.9. The summed E-state index contributed by atoms with van der Waals surface area (Å²) in [4.78, 5) is 17.6. The molecule has 0 radical (unpaired) electrons. The van der Waals surface area contributed by atoms with Gasteiger partial charge in [0.25, 0.3) is 0 Å². The maximum atomic E-state index is 11.9. The number of halogens is 1. The Bertz CT molecular complexity index is 549. The van der Waals surface area contributed by atoms with Crippen LogP contribution in [-0.4, -0.2) is 29.9 Å². The molecule has 1 unspecified atom stereocenters. The third-order valence-corrected chi connectivity index (χ3v) is 3.02. The first-order chi connectivity index (χ1) is 8.11. The summed E-state index contributed by atoms with van der Waals surface area (Å²) in [6.07, 6.45) is 1.70. The summed E-state index contributed by atoms with van der Waals surface area (Å²) in [6, 6.07) is 9.50. The van der Waals surface area contributed by atoms with Crippen LogP contribution in [0.1, 0.15) is 10.9 Å². The van der Waals surface area contributed by atoms with Crippen LogP contribution in [-0.2, 0) is 4.79 Å². The third kappa shape index (κ3) is 2.24. The minimum Gasteiger partial charge on any atom is -0.347 e. The molecule has 2 rings (SSSR count). The molecule has 0 aliphatic heterocycles. The summed E-state index contributed by atoms with van der Waals surface area (Å²) < 4.78 is 0. The van der Waals surface area contributed by atoms with E-state index in [9.17, 15) is 4.79 Å². The molecule has 0 saturated heterocycles. The van der Waals surface area contributed by atoms with Gasteiger partial charge in [-0.3, -0.25) is 9.78 Å². The van der Waals surface area contributed by atoms with Crippen molar-refractivity contribution < 1.29 is 4.79 Å². The van der Waals surface area contributed by atoms with Crippen LogP contribution in [0.4, 0.5) is 0 Å². The Morgan fingerprint density at radius 1 is 1.29 bits per heavy atom. The number of aromatic nitrogens is 1. The van der Waals surface area contributed by atoms with Crippen molar-refractivity contribution in [2.45, 2.75) is 5.38 Å². The summed E-state index contributed by atoms with van der Waals surface area (Å²) >= 11 is 6.20. The number of amides is 1. The SMILES string of the molecule is CN(C)C(=O)C(Cl)c1cccc2cccnc12. The topological polar surface area (TPSA) is 33.2 Å². The molecule has 0 fully saturated rings. The molecule has 1 heterocycles. The fourth-order valence-corrected chi connectivity index (χ4v) is 2.06. The first-order valence-corrected chi connectivity index (χ1v) is 5.74. The molecule has 3 nitrogen and oxygen atoms in total. The lowest BCUT2D eigenvalue weighted by Gasteiger charge is -2.16. The maximum Gasteiger partial charge on any atom is 0.244 e. The number of rotatable bonds is 2. The molecule has 1 aromatic heterocycles. The first-order valence-electron chi connectivity index (χ1n) is 5.30. The Balaban J connectivity index is 2.52.